The molecule has 0 amide bonds. The lowest BCUT2D eigenvalue weighted by Gasteiger charge is -2.28. The Morgan fingerprint density at radius 3 is 2.25 bits per heavy atom. The molecule has 0 saturated heterocycles. The van der Waals surface area contributed by atoms with Crippen LogP contribution in [0.25, 0.3) is 44.5 Å². The van der Waals surface area contributed by atoms with Crippen molar-refractivity contribution < 1.29 is 0 Å². The Morgan fingerprint density at radius 2 is 1.40 bits per heavy atom. The molecule has 52 heavy (non-hydrogen) atoms. The van der Waals surface area contributed by atoms with Crippen LogP contribution in [0.5, 0.6) is 0 Å². The summed E-state index contributed by atoms with van der Waals surface area (Å²) in [7, 11) is 0. The van der Waals surface area contributed by atoms with Crippen molar-refractivity contribution in [2.75, 3.05) is 4.90 Å². The van der Waals surface area contributed by atoms with Gasteiger partial charge in [0.25, 0.3) is 0 Å². The molecular weight excluding hydrogens is 647 g/mol. The molecule has 0 saturated carbocycles. The highest BCUT2D eigenvalue weighted by molar-refractivity contribution is 7.19. The molecular formula is C50H41NS. The zero-order valence-electron chi connectivity index (χ0n) is 30.0. The third kappa shape index (κ3) is 5.04. The summed E-state index contributed by atoms with van der Waals surface area (Å²) in [6, 6.07) is 48.1. The van der Waals surface area contributed by atoms with Crippen LogP contribution in [-0.2, 0) is 18.3 Å². The molecule has 0 fully saturated rings. The monoisotopic (exact) mass is 687 g/mol. The van der Waals surface area contributed by atoms with Gasteiger partial charge >= 0.3 is 0 Å². The summed E-state index contributed by atoms with van der Waals surface area (Å²) in [4.78, 5) is 3.95. The highest BCUT2D eigenvalue weighted by atomic mass is 32.1. The maximum absolute atomic E-state index is 2.52. The first-order valence-corrected chi connectivity index (χ1v) is 19.5. The molecule has 0 spiro atoms. The average molecular weight is 688 g/mol. The van der Waals surface area contributed by atoms with E-state index in [1.807, 2.05) is 11.3 Å². The molecule has 1 nitrogen and oxygen atoms in total. The van der Waals surface area contributed by atoms with E-state index in [1.54, 1.807) is 0 Å². The smallest absolute Gasteiger partial charge is 0.0465 e. The first-order valence-electron chi connectivity index (χ1n) is 18.7. The number of anilines is 3. The number of fused-ring (bicyclic) bond motifs is 7. The van der Waals surface area contributed by atoms with E-state index in [1.165, 1.54) is 81.8 Å². The Bertz CT molecular complexity index is 2580. The van der Waals surface area contributed by atoms with Gasteiger partial charge in [0.05, 0.1) is 0 Å². The van der Waals surface area contributed by atoms with Gasteiger partial charge in [0, 0.05) is 43.4 Å². The van der Waals surface area contributed by atoms with Gasteiger partial charge < -0.3 is 4.90 Å². The Balaban J connectivity index is 1.09. The predicted molar refractivity (Wildman–Crippen MR) is 224 cm³/mol. The summed E-state index contributed by atoms with van der Waals surface area (Å²) < 4.78 is 1.39. The molecule has 6 aromatic carbocycles. The normalized spacial score (nSPS) is 16.3. The van der Waals surface area contributed by atoms with Crippen molar-refractivity contribution in [1.29, 1.82) is 0 Å². The van der Waals surface area contributed by atoms with E-state index in [0.29, 0.717) is 5.92 Å². The molecule has 1 aromatic heterocycles. The van der Waals surface area contributed by atoms with Crippen LogP contribution in [0.1, 0.15) is 70.0 Å². The summed E-state index contributed by atoms with van der Waals surface area (Å²) in [5.74, 6) is 0.319. The van der Waals surface area contributed by atoms with E-state index in [4.69, 9.17) is 0 Å². The van der Waals surface area contributed by atoms with E-state index in [0.717, 1.165) is 30.6 Å². The largest absolute Gasteiger partial charge is 0.310 e. The summed E-state index contributed by atoms with van der Waals surface area (Å²) in [6.45, 7) is 6.88. The summed E-state index contributed by atoms with van der Waals surface area (Å²) >= 11 is 1.98. The Morgan fingerprint density at radius 1 is 0.673 bits per heavy atom. The van der Waals surface area contributed by atoms with E-state index < -0.39 is 0 Å². The van der Waals surface area contributed by atoms with Gasteiger partial charge in [0.15, 0.2) is 0 Å². The summed E-state index contributed by atoms with van der Waals surface area (Å²) in [5, 5.41) is 1.41. The maximum Gasteiger partial charge on any atom is 0.0465 e. The number of nitrogens with zero attached hydrogens (tertiary/aromatic N) is 1. The highest BCUT2D eigenvalue weighted by Gasteiger charge is 2.35. The first kappa shape index (κ1) is 31.3. The fourth-order valence-corrected chi connectivity index (χ4v) is 10.2. The SMILES string of the molecule is Cc1ccc(N(c2ccc(-c3cc4sc5c(c4cc3C3C=Cc4ccccc4C3)C=CCC5)cc2)c2ccc3c(c2)C(C)(C)c2ccccc2-3)cc1. The average Bonchev–Trinajstić information content (AvgIpc) is 3.66. The lowest BCUT2D eigenvalue weighted by atomic mass is 9.81. The van der Waals surface area contributed by atoms with E-state index in [9.17, 15) is 0 Å². The molecule has 0 bridgehead atoms. The molecule has 1 heterocycles. The number of allylic oxidation sites excluding steroid dienone is 2. The second kappa shape index (κ2) is 12.1. The quantitative estimate of drug-likeness (QED) is 0.174. The number of thiophene rings is 1. The fourth-order valence-electron chi connectivity index (χ4n) is 8.95. The number of aryl methyl sites for hydroxylation is 2. The molecule has 1 unspecified atom stereocenters. The van der Waals surface area contributed by atoms with Gasteiger partial charge in [0.1, 0.15) is 0 Å². The maximum atomic E-state index is 2.52. The second-order valence-corrected chi connectivity index (χ2v) is 16.4. The molecule has 252 valence electrons. The van der Waals surface area contributed by atoms with Crippen LogP contribution in [0, 0.1) is 6.92 Å². The molecule has 7 aromatic rings. The van der Waals surface area contributed by atoms with E-state index >= 15 is 0 Å². The molecule has 3 aliphatic rings. The lowest BCUT2D eigenvalue weighted by molar-refractivity contribution is 0.660. The van der Waals surface area contributed by atoms with Crippen molar-refractivity contribution in [3.05, 3.63) is 183 Å². The topological polar surface area (TPSA) is 3.24 Å². The molecule has 10 rings (SSSR count). The van der Waals surface area contributed by atoms with E-state index in [2.05, 4.69) is 177 Å². The van der Waals surface area contributed by atoms with Crippen LogP contribution in [0.15, 0.2) is 140 Å². The van der Waals surface area contributed by atoms with Gasteiger partial charge in [-0.05, 0) is 130 Å². The minimum absolute atomic E-state index is 0.0648. The van der Waals surface area contributed by atoms with Crippen molar-refractivity contribution in [1.82, 2.24) is 0 Å². The van der Waals surface area contributed by atoms with Crippen LogP contribution < -0.4 is 4.90 Å². The molecule has 0 N–H and O–H groups in total. The van der Waals surface area contributed by atoms with Gasteiger partial charge in [-0.1, -0.05) is 123 Å². The van der Waals surface area contributed by atoms with Crippen molar-refractivity contribution >= 4 is 50.6 Å². The Labute approximate surface area is 311 Å². The van der Waals surface area contributed by atoms with Crippen LogP contribution in [0.3, 0.4) is 0 Å². The second-order valence-electron chi connectivity index (χ2n) is 15.3. The predicted octanol–water partition coefficient (Wildman–Crippen LogP) is 14.0. The number of hydrogen-bond donors (Lipinski definition) is 0. The molecule has 1 atom stereocenters. The van der Waals surface area contributed by atoms with Crippen molar-refractivity contribution in [2.24, 2.45) is 0 Å². The number of rotatable bonds is 5. The van der Waals surface area contributed by atoms with Crippen molar-refractivity contribution in [3.63, 3.8) is 0 Å². The minimum atomic E-state index is -0.0648. The standard InChI is InChI=1S/C50H41NS/c1-32-16-22-37(23-17-32)51(39-26-27-41-40-12-6-8-14-46(40)50(2,3)47(41)29-39)38-24-20-34(21-25-38)44-31-49-45(42-13-7-9-15-48(42)52-49)30-43(44)36-19-18-33-10-4-5-11-35(33)28-36/h4-8,10-14,16-27,29-31,36H,9,15,28H2,1-3H3. The first-order chi connectivity index (χ1) is 25.4. The molecule has 0 radical (unpaired) electrons. The van der Waals surface area contributed by atoms with Crippen molar-refractivity contribution in [2.45, 2.75) is 51.4 Å². The van der Waals surface area contributed by atoms with Crippen LogP contribution in [0.2, 0.25) is 0 Å². The number of benzene rings is 6. The lowest BCUT2D eigenvalue weighted by Crippen LogP contribution is -2.16. The zero-order chi connectivity index (χ0) is 35.0. The van der Waals surface area contributed by atoms with Gasteiger partial charge in [-0.15, -0.1) is 11.3 Å². The third-order valence-corrected chi connectivity index (χ3v) is 13.0. The third-order valence-electron chi connectivity index (χ3n) is 11.8. The summed E-state index contributed by atoms with van der Waals surface area (Å²) in [5.41, 5.74) is 18.4. The fraction of sp³-hybridized carbons (Fsp3) is 0.160. The van der Waals surface area contributed by atoms with Crippen molar-refractivity contribution in [3.8, 4) is 22.3 Å². The van der Waals surface area contributed by atoms with Gasteiger partial charge in [0.2, 0.25) is 0 Å². The van der Waals surface area contributed by atoms with Gasteiger partial charge in [-0.3, -0.25) is 0 Å². The van der Waals surface area contributed by atoms with Gasteiger partial charge in [-0.25, -0.2) is 0 Å². The summed E-state index contributed by atoms with van der Waals surface area (Å²) in [6.07, 6.45) is 12.8. The zero-order valence-corrected chi connectivity index (χ0v) is 30.8. The molecule has 3 aliphatic carbocycles. The molecule has 2 heteroatoms. The minimum Gasteiger partial charge on any atom is -0.310 e. The Hall–Kier alpha value is -5.44. The number of hydrogen-bond acceptors (Lipinski definition) is 2. The Kier molecular flexibility index (Phi) is 7.27. The van der Waals surface area contributed by atoms with Crippen LogP contribution in [-0.4, -0.2) is 0 Å². The van der Waals surface area contributed by atoms with E-state index in [-0.39, 0.29) is 5.41 Å². The van der Waals surface area contributed by atoms with Crippen LogP contribution in [0.4, 0.5) is 17.1 Å². The molecule has 0 aliphatic heterocycles. The van der Waals surface area contributed by atoms with Crippen LogP contribution >= 0.6 is 11.3 Å². The highest BCUT2D eigenvalue weighted by Crippen LogP contribution is 2.51. The van der Waals surface area contributed by atoms with Gasteiger partial charge in [-0.2, -0.15) is 0 Å².